The van der Waals surface area contributed by atoms with Crippen LogP contribution in [-0.2, 0) is 10.8 Å². The Morgan fingerprint density at radius 1 is 0.545 bits per heavy atom. The summed E-state index contributed by atoms with van der Waals surface area (Å²) in [5, 5.41) is 5.50. The molecule has 10 rings (SSSR count). The average Bonchev–Trinajstić information content (AvgIpc) is 3.72. The van der Waals surface area contributed by atoms with Crippen molar-refractivity contribution in [1.29, 1.82) is 0 Å². The predicted octanol–water partition coefficient (Wildman–Crippen LogP) is 11.8. The van der Waals surface area contributed by atoms with Crippen LogP contribution in [0.25, 0.3) is 69.9 Å². The van der Waals surface area contributed by atoms with E-state index < -0.39 is 0 Å². The lowest BCUT2D eigenvalue weighted by atomic mass is 9.81. The van der Waals surface area contributed by atoms with Gasteiger partial charge in [-0.1, -0.05) is 119 Å². The molecule has 6 aromatic carbocycles. The molecule has 210 valence electrons. The summed E-state index contributed by atoms with van der Waals surface area (Å²) in [6.07, 6.45) is 0. The molecular weight excluding hydrogens is 551 g/mol. The van der Waals surface area contributed by atoms with Gasteiger partial charge in [-0.05, 0) is 68.8 Å². The van der Waals surface area contributed by atoms with Crippen LogP contribution >= 0.6 is 11.3 Å². The van der Waals surface area contributed by atoms with Gasteiger partial charge in [0, 0.05) is 47.5 Å². The second kappa shape index (κ2) is 8.08. The number of hydrogen-bond donors (Lipinski definition) is 0. The molecule has 0 N–H and O–H groups in total. The van der Waals surface area contributed by atoms with E-state index in [1.54, 1.807) is 0 Å². The maximum Gasteiger partial charge on any atom is 0.0602 e. The SMILES string of the molecule is CC1(C)c2ccccc2-c2ccc(-n3c4ccccc4c4c5sc6ccccc6c5c5c(c43)C(C)(C)c3ccccc3-5)cc21. The summed E-state index contributed by atoms with van der Waals surface area (Å²) in [6, 6.07) is 43.4. The van der Waals surface area contributed by atoms with Crippen molar-refractivity contribution in [3.8, 4) is 27.9 Å². The van der Waals surface area contributed by atoms with E-state index in [4.69, 9.17) is 0 Å². The zero-order valence-corrected chi connectivity index (χ0v) is 26.1. The minimum absolute atomic E-state index is 0.0586. The van der Waals surface area contributed by atoms with Gasteiger partial charge in [0.05, 0.1) is 11.0 Å². The highest BCUT2D eigenvalue weighted by molar-refractivity contribution is 7.27. The number of fused-ring (bicyclic) bond motifs is 15. The quantitative estimate of drug-likeness (QED) is 0.182. The van der Waals surface area contributed by atoms with Crippen LogP contribution in [0.2, 0.25) is 0 Å². The third-order valence-corrected chi connectivity index (χ3v) is 11.9. The Bertz CT molecular complexity index is 2550. The minimum Gasteiger partial charge on any atom is -0.309 e. The van der Waals surface area contributed by atoms with Crippen molar-refractivity contribution in [2.45, 2.75) is 38.5 Å². The minimum atomic E-state index is -0.153. The monoisotopic (exact) mass is 581 g/mol. The van der Waals surface area contributed by atoms with Gasteiger partial charge >= 0.3 is 0 Å². The van der Waals surface area contributed by atoms with Gasteiger partial charge in [-0.2, -0.15) is 0 Å². The van der Waals surface area contributed by atoms with Gasteiger partial charge in [-0.3, -0.25) is 0 Å². The molecule has 0 aliphatic heterocycles. The Morgan fingerprint density at radius 2 is 1.18 bits per heavy atom. The molecule has 2 aromatic heterocycles. The molecule has 0 unspecified atom stereocenters. The van der Waals surface area contributed by atoms with Crippen LogP contribution in [0.4, 0.5) is 0 Å². The van der Waals surface area contributed by atoms with Crippen LogP contribution in [0.5, 0.6) is 0 Å². The summed E-state index contributed by atoms with van der Waals surface area (Å²) in [5.41, 5.74) is 14.9. The second-order valence-electron chi connectivity index (χ2n) is 13.7. The summed E-state index contributed by atoms with van der Waals surface area (Å²) in [5.74, 6) is 0. The van der Waals surface area contributed by atoms with Crippen molar-refractivity contribution < 1.29 is 0 Å². The van der Waals surface area contributed by atoms with Gasteiger partial charge in [0.25, 0.3) is 0 Å². The molecule has 0 saturated heterocycles. The summed E-state index contributed by atoms with van der Waals surface area (Å²) < 4.78 is 5.35. The van der Waals surface area contributed by atoms with Crippen molar-refractivity contribution in [2.75, 3.05) is 0 Å². The average molecular weight is 582 g/mol. The lowest BCUT2D eigenvalue weighted by Gasteiger charge is -2.25. The number of hydrogen-bond acceptors (Lipinski definition) is 1. The Hall–Kier alpha value is -4.66. The molecule has 0 spiro atoms. The Balaban J connectivity index is 1.43. The lowest BCUT2D eigenvalue weighted by Crippen LogP contribution is -2.17. The zero-order valence-electron chi connectivity index (χ0n) is 25.3. The molecule has 44 heavy (non-hydrogen) atoms. The first-order chi connectivity index (χ1) is 21.4. The molecular formula is C42H31NS. The highest BCUT2D eigenvalue weighted by Gasteiger charge is 2.41. The van der Waals surface area contributed by atoms with Crippen molar-refractivity contribution in [3.63, 3.8) is 0 Å². The maximum atomic E-state index is 2.60. The highest BCUT2D eigenvalue weighted by atomic mass is 32.1. The van der Waals surface area contributed by atoms with Crippen molar-refractivity contribution >= 4 is 53.3 Å². The fraction of sp³-hybridized carbons (Fsp3) is 0.143. The van der Waals surface area contributed by atoms with E-state index >= 15 is 0 Å². The van der Waals surface area contributed by atoms with E-state index in [9.17, 15) is 0 Å². The summed E-state index contributed by atoms with van der Waals surface area (Å²) in [7, 11) is 0. The van der Waals surface area contributed by atoms with Crippen LogP contribution in [-0.4, -0.2) is 4.57 Å². The number of para-hydroxylation sites is 1. The molecule has 1 nitrogen and oxygen atoms in total. The largest absolute Gasteiger partial charge is 0.309 e. The smallest absolute Gasteiger partial charge is 0.0602 e. The molecule has 2 heteroatoms. The molecule has 0 amide bonds. The van der Waals surface area contributed by atoms with Crippen molar-refractivity contribution in [1.82, 2.24) is 4.57 Å². The number of rotatable bonds is 1. The van der Waals surface area contributed by atoms with Crippen LogP contribution in [0, 0.1) is 0 Å². The molecule has 8 aromatic rings. The molecule has 0 fully saturated rings. The third-order valence-electron chi connectivity index (χ3n) is 10.8. The van der Waals surface area contributed by atoms with Gasteiger partial charge in [0.2, 0.25) is 0 Å². The van der Waals surface area contributed by atoms with Crippen molar-refractivity contribution in [3.05, 3.63) is 138 Å². The Kier molecular flexibility index (Phi) is 4.54. The summed E-state index contributed by atoms with van der Waals surface area (Å²) >= 11 is 1.95. The van der Waals surface area contributed by atoms with E-state index in [0.717, 1.165) is 0 Å². The molecule has 0 bridgehead atoms. The fourth-order valence-electron chi connectivity index (χ4n) is 8.78. The Labute approximate surface area is 261 Å². The lowest BCUT2D eigenvalue weighted by molar-refractivity contribution is 0.659. The normalized spacial score (nSPS) is 15.6. The molecule has 2 aliphatic carbocycles. The van der Waals surface area contributed by atoms with E-state index in [2.05, 4.69) is 148 Å². The summed E-state index contributed by atoms with van der Waals surface area (Å²) in [4.78, 5) is 0. The van der Waals surface area contributed by atoms with Crippen LogP contribution in [0.15, 0.2) is 115 Å². The number of nitrogens with zero attached hydrogens (tertiary/aromatic N) is 1. The standard InChI is InChI=1S/C42H31NS/c1-41(2)30-17-9-5-13-25(30)26-22-21-24(23-32(26)41)43-33-19-11-7-15-28(33)37-39(43)38-35(27-14-6-10-18-31(27)42(38,3)4)36-29-16-8-12-20-34(29)44-40(36)37/h5-23H,1-4H3. The van der Waals surface area contributed by atoms with Gasteiger partial charge in [0.1, 0.15) is 0 Å². The van der Waals surface area contributed by atoms with Crippen LogP contribution < -0.4 is 0 Å². The molecule has 0 radical (unpaired) electrons. The van der Waals surface area contributed by atoms with Gasteiger partial charge < -0.3 is 4.57 Å². The molecule has 2 heterocycles. The predicted molar refractivity (Wildman–Crippen MR) is 189 cm³/mol. The summed E-state index contributed by atoms with van der Waals surface area (Å²) in [6.45, 7) is 9.63. The van der Waals surface area contributed by atoms with Crippen molar-refractivity contribution in [2.24, 2.45) is 0 Å². The molecule has 2 aliphatic rings. The first-order valence-electron chi connectivity index (χ1n) is 15.6. The van der Waals surface area contributed by atoms with E-state index in [0.29, 0.717) is 0 Å². The van der Waals surface area contributed by atoms with E-state index in [1.807, 2.05) is 11.3 Å². The van der Waals surface area contributed by atoms with Crippen LogP contribution in [0.3, 0.4) is 0 Å². The number of aromatic nitrogens is 1. The van der Waals surface area contributed by atoms with E-state index in [1.165, 1.54) is 92.2 Å². The van der Waals surface area contributed by atoms with Gasteiger partial charge in [0.15, 0.2) is 0 Å². The van der Waals surface area contributed by atoms with Gasteiger partial charge in [-0.25, -0.2) is 0 Å². The topological polar surface area (TPSA) is 4.93 Å². The fourth-order valence-corrected chi connectivity index (χ4v) is 10.0. The third kappa shape index (κ3) is 2.82. The first-order valence-corrected chi connectivity index (χ1v) is 16.4. The Morgan fingerprint density at radius 3 is 2.00 bits per heavy atom. The highest BCUT2D eigenvalue weighted by Crippen LogP contribution is 2.59. The zero-order chi connectivity index (χ0) is 29.5. The number of benzene rings is 6. The van der Waals surface area contributed by atoms with Gasteiger partial charge in [-0.15, -0.1) is 11.3 Å². The second-order valence-corrected chi connectivity index (χ2v) is 14.8. The number of thiophene rings is 1. The van der Waals surface area contributed by atoms with E-state index in [-0.39, 0.29) is 10.8 Å². The molecule has 0 saturated carbocycles. The first kappa shape index (κ1) is 24.7. The van der Waals surface area contributed by atoms with Crippen LogP contribution in [0.1, 0.15) is 49.9 Å². The maximum absolute atomic E-state index is 2.60. The molecule has 0 atom stereocenters.